The predicted molar refractivity (Wildman–Crippen MR) is 99.6 cm³/mol. The predicted octanol–water partition coefficient (Wildman–Crippen LogP) is 3.78. The van der Waals surface area contributed by atoms with Crippen molar-refractivity contribution in [3.05, 3.63) is 70.8 Å². The zero-order valence-electron chi connectivity index (χ0n) is 15.0. The van der Waals surface area contributed by atoms with Crippen molar-refractivity contribution in [1.29, 1.82) is 0 Å². The molecule has 2 aromatic carbocycles. The van der Waals surface area contributed by atoms with Crippen LogP contribution in [0.3, 0.4) is 0 Å². The maximum Gasteiger partial charge on any atom is 0.336 e. The number of rotatable bonds is 6. The van der Waals surface area contributed by atoms with Crippen LogP contribution in [0.5, 0.6) is 0 Å². The second kappa shape index (κ2) is 7.81. The van der Waals surface area contributed by atoms with E-state index in [0.717, 1.165) is 31.5 Å². The van der Waals surface area contributed by atoms with Crippen LogP contribution in [-0.2, 0) is 13.1 Å². The number of aromatic carboxylic acids is 1. The molecule has 0 amide bonds. The SMILES string of the molecule is CN(C)Cc1ccc([C@@H]2CCCN2Cc2ccccc2C(=O)O)cc1. The van der Waals surface area contributed by atoms with Crippen molar-refractivity contribution in [2.75, 3.05) is 20.6 Å². The molecule has 4 nitrogen and oxygen atoms in total. The highest BCUT2D eigenvalue weighted by Crippen LogP contribution is 2.33. The van der Waals surface area contributed by atoms with Crippen molar-refractivity contribution in [3.8, 4) is 0 Å². The second-order valence-corrected chi connectivity index (χ2v) is 7.07. The first-order valence-corrected chi connectivity index (χ1v) is 8.83. The van der Waals surface area contributed by atoms with Crippen LogP contribution >= 0.6 is 0 Å². The zero-order chi connectivity index (χ0) is 17.8. The van der Waals surface area contributed by atoms with Gasteiger partial charge in [-0.1, -0.05) is 42.5 Å². The molecule has 0 saturated carbocycles. The molecule has 0 aromatic heterocycles. The van der Waals surface area contributed by atoms with Gasteiger partial charge in [0.15, 0.2) is 0 Å². The van der Waals surface area contributed by atoms with E-state index in [1.807, 2.05) is 12.1 Å². The van der Waals surface area contributed by atoms with Crippen molar-refractivity contribution in [2.24, 2.45) is 0 Å². The van der Waals surface area contributed by atoms with E-state index in [2.05, 4.69) is 48.2 Å². The summed E-state index contributed by atoms with van der Waals surface area (Å²) in [5, 5.41) is 9.40. The van der Waals surface area contributed by atoms with E-state index < -0.39 is 5.97 Å². The number of likely N-dealkylation sites (tertiary alicyclic amines) is 1. The summed E-state index contributed by atoms with van der Waals surface area (Å²) in [4.78, 5) is 16.0. The Morgan fingerprint density at radius 1 is 1.16 bits per heavy atom. The van der Waals surface area contributed by atoms with Gasteiger partial charge in [0.05, 0.1) is 5.56 Å². The zero-order valence-corrected chi connectivity index (χ0v) is 15.0. The number of carboxylic acids is 1. The summed E-state index contributed by atoms with van der Waals surface area (Å²) in [5.41, 5.74) is 3.95. The van der Waals surface area contributed by atoms with Gasteiger partial charge in [-0.2, -0.15) is 0 Å². The van der Waals surface area contributed by atoms with Crippen LogP contribution in [0.25, 0.3) is 0 Å². The fourth-order valence-corrected chi connectivity index (χ4v) is 3.69. The Hall–Kier alpha value is -2.17. The van der Waals surface area contributed by atoms with Gasteiger partial charge < -0.3 is 10.0 Å². The smallest absolute Gasteiger partial charge is 0.336 e. The highest BCUT2D eigenvalue weighted by Gasteiger charge is 2.27. The van der Waals surface area contributed by atoms with E-state index in [-0.39, 0.29) is 0 Å². The number of carboxylic acid groups (broad SMARTS) is 1. The molecule has 0 unspecified atom stereocenters. The van der Waals surface area contributed by atoms with Gasteiger partial charge in [0.25, 0.3) is 0 Å². The summed E-state index contributed by atoms with van der Waals surface area (Å²) in [7, 11) is 4.15. The maximum absolute atomic E-state index is 11.5. The van der Waals surface area contributed by atoms with Crippen molar-refractivity contribution >= 4 is 5.97 Å². The third-order valence-electron chi connectivity index (χ3n) is 4.85. The second-order valence-electron chi connectivity index (χ2n) is 7.07. The van der Waals surface area contributed by atoms with E-state index in [0.29, 0.717) is 18.2 Å². The lowest BCUT2D eigenvalue weighted by molar-refractivity contribution is 0.0694. The van der Waals surface area contributed by atoms with Crippen molar-refractivity contribution in [3.63, 3.8) is 0 Å². The molecule has 1 N–H and O–H groups in total. The Morgan fingerprint density at radius 2 is 1.88 bits per heavy atom. The Balaban J connectivity index is 1.76. The van der Waals surface area contributed by atoms with Crippen LogP contribution in [0, 0.1) is 0 Å². The maximum atomic E-state index is 11.5. The minimum absolute atomic E-state index is 0.371. The number of hydrogen-bond donors (Lipinski definition) is 1. The monoisotopic (exact) mass is 338 g/mol. The van der Waals surface area contributed by atoms with Gasteiger partial charge >= 0.3 is 5.97 Å². The topological polar surface area (TPSA) is 43.8 Å². The van der Waals surface area contributed by atoms with E-state index in [4.69, 9.17) is 0 Å². The van der Waals surface area contributed by atoms with E-state index in [9.17, 15) is 9.90 Å². The number of hydrogen-bond acceptors (Lipinski definition) is 3. The average Bonchev–Trinajstić information content (AvgIpc) is 3.03. The molecule has 1 aliphatic heterocycles. The van der Waals surface area contributed by atoms with E-state index in [1.54, 1.807) is 12.1 Å². The molecule has 1 saturated heterocycles. The van der Waals surface area contributed by atoms with Crippen LogP contribution in [0.15, 0.2) is 48.5 Å². The molecule has 1 atom stereocenters. The Kier molecular flexibility index (Phi) is 5.51. The molecule has 2 aromatic rings. The fourth-order valence-electron chi connectivity index (χ4n) is 3.69. The first-order chi connectivity index (χ1) is 12.0. The number of carbonyl (C=O) groups is 1. The molecule has 1 aliphatic rings. The van der Waals surface area contributed by atoms with Crippen LogP contribution < -0.4 is 0 Å². The molecule has 0 bridgehead atoms. The minimum atomic E-state index is -0.848. The molecule has 0 aliphatic carbocycles. The van der Waals surface area contributed by atoms with Crippen molar-refractivity contribution in [1.82, 2.24) is 9.80 Å². The first kappa shape index (κ1) is 17.6. The molecule has 1 heterocycles. The Labute approximate surface area is 149 Å². The summed E-state index contributed by atoms with van der Waals surface area (Å²) in [5.74, 6) is -0.848. The van der Waals surface area contributed by atoms with Crippen molar-refractivity contribution < 1.29 is 9.90 Å². The van der Waals surface area contributed by atoms with Gasteiger partial charge in [-0.3, -0.25) is 4.90 Å². The number of benzene rings is 2. The van der Waals surface area contributed by atoms with E-state index in [1.165, 1.54) is 11.1 Å². The third-order valence-corrected chi connectivity index (χ3v) is 4.85. The lowest BCUT2D eigenvalue weighted by Crippen LogP contribution is -2.24. The van der Waals surface area contributed by atoms with Crippen LogP contribution in [-0.4, -0.2) is 41.5 Å². The van der Waals surface area contributed by atoms with Gasteiger partial charge in [0, 0.05) is 19.1 Å². The summed E-state index contributed by atoms with van der Waals surface area (Å²) in [6.45, 7) is 2.64. The summed E-state index contributed by atoms with van der Waals surface area (Å²) in [6.07, 6.45) is 2.28. The van der Waals surface area contributed by atoms with Crippen LogP contribution in [0.2, 0.25) is 0 Å². The highest BCUT2D eigenvalue weighted by atomic mass is 16.4. The quantitative estimate of drug-likeness (QED) is 0.870. The molecular formula is C21H26N2O2. The molecule has 0 radical (unpaired) electrons. The Morgan fingerprint density at radius 3 is 2.56 bits per heavy atom. The summed E-state index contributed by atoms with van der Waals surface area (Å²) >= 11 is 0. The average molecular weight is 338 g/mol. The lowest BCUT2D eigenvalue weighted by Gasteiger charge is -2.26. The normalized spacial score (nSPS) is 18.0. The van der Waals surface area contributed by atoms with Gasteiger partial charge in [-0.25, -0.2) is 4.79 Å². The van der Waals surface area contributed by atoms with Gasteiger partial charge in [0.1, 0.15) is 0 Å². The molecule has 1 fully saturated rings. The summed E-state index contributed by atoms with van der Waals surface area (Å²) in [6, 6.07) is 16.6. The third kappa shape index (κ3) is 4.27. The number of nitrogens with zero attached hydrogens (tertiary/aromatic N) is 2. The van der Waals surface area contributed by atoms with Gasteiger partial charge in [-0.05, 0) is 56.2 Å². The molecule has 0 spiro atoms. The highest BCUT2D eigenvalue weighted by molar-refractivity contribution is 5.89. The van der Waals surface area contributed by atoms with Crippen LogP contribution in [0.4, 0.5) is 0 Å². The lowest BCUT2D eigenvalue weighted by atomic mass is 10.0. The largest absolute Gasteiger partial charge is 0.478 e. The molecule has 25 heavy (non-hydrogen) atoms. The van der Waals surface area contributed by atoms with Crippen molar-refractivity contribution in [2.45, 2.75) is 32.0 Å². The fraction of sp³-hybridized carbons (Fsp3) is 0.381. The molecule has 4 heteroatoms. The Bertz CT molecular complexity index is 725. The standard InChI is InChI=1S/C21H26N2O2/c1-22(2)14-16-9-11-17(12-10-16)20-8-5-13-23(20)15-18-6-3-4-7-19(18)21(24)25/h3-4,6-7,9-12,20H,5,8,13-15H2,1-2H3,(H,24,25)/t20-/m0/s1. The molecular weight excluding hydrogens is 312 g/mol. The van der Waals surface area contributed by atoms with E-state index >= 15 is 0 Å². The molecule has 3 rings (SSSR count). The van der Waals surface area contributed by atoms with Gasteiger partial charge in [-0.15, -0.1) is 0 Å². The first-order valence-electron chi connectivity index (χ1n) is 8.83. The van der Waals surface area contributed by atoms with Crippen LogP contribution in [0.1, 0.15) is 45.9 Å². The molecule has 132 valence electrons. The van der Waals surface area contributed by atoms with Gasteiger partial charge in [0.2, 0.25) is 0 Å². The minimum Gasteiger partial charge on any atom is -0.478 e. The summed E-state index contributed by atoms with van der Waals surface area (Å²) < 4.78 is 0.